The first-order valence-corrected chi connectivity index (χ1v) is 6.21. The third-order valence-corrected chi connectivity index (χ3v) is 4.14. The summed E-state index contributed by atoms with van der Waals surface area (Å²) < 4.78 is 0. The molecule has 1 aromatic carbocycles. The predicted molar refractivity (Wildman–Crippen MR) is 64.4 cm³/mol. The molecule has 2 aliphatic carbocycles. The largest absolute Gasteiger partial charge is 0.394 e. The SMILES string of the molecule is Cc1cccc2c1CCC2NC1(CO)CC1. The Balaban J connectivity index is 1.84. The Kier molecular flexibility index (Phi) is 2.30. The topological polar surface area (TPSA) is 32.3 Å². The van der Waals surface area contributed by atoms with Gasteiger partial charge in [-0.1, -0.05) is 18.2 Å². The Bertz CT molecular complexity index is 409. The molecule has 0 spiro atoms. The predicted octanol–water partition coefficient (Wildman–Crippen LogP) is 2.10. The molecule has 0 aliphatic heterocycles. The number of benzene rings is 1. The van der Waals surface area contributed by atoms with Crippen molar-refractivity contribution in [1.82, 2.24) is 5.32 Å². The van der Waals surface area contributed by atoms with Gasteiger partial charge in [0, 0.05) is 11.6 Å². The van der Waals surface area contributed by atoms with Crippen molar-refractivity contribution >= 4 is 0 Å². The molecule has 3 rings (SSSR count). The number of aliphatic hydroxyl groups is 1. The van der Waals surface area contributed by atoms with E-state index >= 15 is 0 Å². The van der Waals surface area contributed by atoms with Crippen LogP contribution in [0.4, 0.5) is 0 Å². The molecule has 0 bridgehead atoms. The van der Waals surface area contributed by atoms with Crippen LogP contribution in [0.2, 0.25) is 0 Å². The van der Waals surface area contributed by atoms with Gasteiger partial charge >= 0.3 is 0 Å². The molecule has 16 heavy (non-hydrogen) atoms. The summed E-state index contributed by atoms with van der Waals surface area (Å²) in [7, 11) is 0. The number of hydrogen-bond acceptors (Lipinski definition) is 2. The van der Waals surface area contributed by atoms with Crippen LogP contribution < -0.4 is 5.32 Å². The van der Waals surface area contributed by atoms with E-state index < -0.39 is 0 Å². The summed E-state index contributed by atoms with van der Waals surface area (Å²) in [6, 6.07) is 7.04. The summed E-state index contributed by atoms with van der Waals surface area (Å²) in [5, 5.41) is 13.0. The summed E-state index contributed by atoms with van der Waals surface area (Å²) in [4.78, 5) is 0. The van der Waals surface area contributed by atoms with E-state index in [4.69, 9.17) is 0 Å². The average molecular weight is 217 g/mol. The summed E-state index contributed by atoms with van der Waals surface area (Å²) in [5.41, 5.74) is 4.44. The molecule has 0 heterocycles. The van der Waals surface area contributed by atoms with E-state index in [1.54, 1.807) is 0 Å². The van der Waals surface area contributed by atoms with Gasteiger partial charge in [0.2, 0.25) is 0 Å². The molecule has 2 nitrogen and oxygen atoms in total. The zero-order valence-electron chi connectivity index (χ0n) is 9.79. The van der Waals surface area contributed by atoms with E-state index in [2.05, 4.69) is 30.4 Å². The number of fused-ring (bicyclic) bond motifs is 1. The number of nitrogens with one attached hydrogen (secondary N) is 1. The zero-order valence-corrected chi connectivity index (χ0v) is 9.79. The number of hydrogen-bond donors (Lipinski definition) is 2. The normalized spacial score (nSPS) is 25.5. The first kappa shape index (κ1) is 10.3. The molecule has 2 aliphatic rings. The molecule has 0 amide bonds. The van der Waals surface area contributed by atoms with Crippen LogP contribution in [0.1, 0.15) is 42.0 Å². The highest BCUT2D eigenvalue weighted by Gasteiger charge is 2.44. The lowest BCUT2D eigenvalue weighted by molar-refractivity contribution is 0.218. The molecule has 86 valence electrons. The highest BCUT2D eigenvalue weighted by molar-refractivity contribution is 5.40. The number of aliphatic hydroxyl groups excluding tert-OH is 1. The van der Waals surface area contributed by atoms with Crippen molar-refractivity contribution in [2.45, 2.75) is 44.2 Å². The van der Waals surface area contributed by atoms with Crippen molar-refractivity contribution in [3.63, 3.8) is 0 Å². The van der Waals surface area contributed by atoms with Gasteiger partial charge < -0.3 is 10.4 Å². The second-order valence-electron chi connectivity index (χ2n) is 5.32. The van der Waals surface area contributed by atoms with Crippen molar-refractivity contribution in [3.8, 4) is 0 Å². The van der Waals surface area contributed by atoms with Gasteiger partial charge in [0.15, 0.2) is 0 Å². The minimum atomic E-state index is 0.0516. The number of rotatable bonds is 3. The molecule has 1 saturated carbocycles. The highest BCUT2D eigenvalue weighted by Crippen LogP contribution is 2.41. The lowest BCUT2D eigenvalue weighted by Gasteiger charge is -2.21. The van der Waals surface area contributed by atoms with Crippen molar-refractivity contribution in [3.05, 3.63) is 34.9 Å². The summed E-state index contributed by atoms with van der Waals surface area (Å²) >= 11 is 0. The standard InChI is InChI=1S/C14H19NO/c1-10-3-2-4-12-11(10)5-6-13(12)15-14(9-16)7-8-14/h2-4,13,15-16H,5-9H2,1H3. The Labute approximate surface area is 96.7 Å². The maximum absolute atomic E-state index is 9.36. The fourth-order valence-corrected chi connectivity index (χ4v) is 2.86. The fourth-order valence-electron chi connectivity index (χ4n) is 2.86. The van der Waals surface area contributed by atoms with Crippen molar-refractivity contribution in [1.29, 1.82) is 0 Å². The van der Waals surface area contributed by atoms with Gasteiger partial charge in [0.1, 0.15) is 0 Å². The summed E-state index contributed by atoms with van der Waals surface area (Å²) in [6.45, 7) is 2.48. The fraction of sp³-hybridized carbons (Fsp3) is 0.571. The van der Waals surface area contributed by atoms with Gasteiger partial charge in [-0.15, -0.1) is 0 Å². The third kappa shape index (κ3) is 1.57. The van der Waals surface area contributed by atoms with Crippen LogP contribution >= 0.6 is 0 Å². The van der Waals surface area contributed by atoms with Crippen LogP contribution in [0.25, 0.3) is 0 Å². The van der Waals surface area contributed by atoms with Crippen molar-refractivity contribution in [2.24, 2.45) is 0 Å². The first-order valence-electron chi connectivity index (χ1n) is 6.21. The monoisotopic (exact) mass is 217 g/mol. The second kappa shape index (κ2) is 3.57. The Morgan fingerprint density at radius 2 is 2.25 bits per heavy atom. The van der Waals surface area contributed by atoms with Crippen LogP contribution in [-0.4, -0.2) is 17.3 Å². The van der Waals surface area contributed by atoms with E-state index in [-0.39, 0.29) is 12.1 Å². The molecule has 0 aromatic heterocycles. The van der Waals surface area contributed by atoms with E-state index in [0.29, 0.717) is 6.04 Å². The van der Waals surface area contributed by atoms with Crippen LogP contribution in [-0.2, 0) is 6.42 Å². The van der Waals surface area contributed by atoms with E-state index in [1.165, 1.54) is 29.5 Å². The molecule has 2 heteroatoms. The van der Waals surface area contributed by atoms with Crippen LogP contribution in [0.15, 0.2) is 18.2 Å². The molecular weight excluding hydrogens is 198 g/mol. The van der Waals surface area contributed by atoms with E-state index in [0.717, 1.165) is 12.8 Å². The highest BCUT2D eigenvalue weighted by atomic mass is 16.3. The van der Waals surface area contributed by atoms with E-state index in [1.807, 2.05) is 0 Å². The molecule has 0 saturated heterocycles. The minimum Gasteiger partial charge on any atom is -0.394 e. The smallest absolute Gasteiger partial charge is 0.0613 e. The van der Waals surface area contributed by atoms with Crippen molar-refractivity contribution in [2.75, 3.05) is 6.61 Å². The van der Waals surface area contributed by atoms with Gasteiger partial charge in [0.25, 0.3) is 0 Å². The molecule has 1 aromatic rings. The molecule has 1 fully saturated rings. The van der Waals surface area contributed by atoms with Gasteiger partial charge in [-0.05, 0) is 49.3 Å². The summed E-state index contributed by atoms with van der Waals surface area (Å²) in [5.74, 6) is 0. The third-order valence-electron chi connectivity index (χ3n) is 4.14. The average Bonchev–Trinajstić information content (AvgIpc) is 2.95. The molecule has 0 radical (unpaired) electrons. The molecule has 1 atom stereocenters. The minimum absolute atomic E-state index is 0.0516. The van der Waals surface area contributed by atoms with Crippen LogP contribution in [0.5, 0.6) is 0 Å². The van der Waals surface area contributed by atoms with Gasteiger partial charge in [-0.25, -0.2) is 0 Å². The Hall–Kier alpha value is -0.860. The van der Waals surface area contributed by atoms with Gasteiger partial charge in [-0.3, -0.25) is 0 Å². The maximum Gasteiger partial charge on any atom is 0.0613 e. The molecular formula is C14H19NO. The van der Waals surface area contributed by atoms with Gasteiger partial charge in [-0.2, -0.15) is 0 Å². The molecule has 1 unspecified atom stereocenters. The maximum atomic E-state index is 9.36. The Morgan fingerprint density at radius 3 is 2.94 bits per heavy atom. The first-order chi connectivity index (χ1) is 7.74. The Morgan fingerprint density at radius 1 is 1.44 bits per heavy atom. The lowest BCUT2D eigenvalue weighted by atomic mass is 10.0. The van der Waals surface area contributed by atoms with Gasteiger partial charge in [0.05, 0.1) is 6.61 Å². The quantitative estimate of drug-likeness (QED) is 0.812. The molecule has 2 N–H and O–H groups in total. The van der Waals surface area contributed by atoms with E-state index in [9.17, 15) is 5.11 Å². The number of aryl methyl sites for hydroxylation is 1. The second-order valence-corrected chi connectivity index (χ2v) is 5.32. The zero-order chi connectivity index (χ0) is 11.2. The van der Waals surface area contributed by atoms with Crippen LogP contribution in [0, 0.1) is 6.92 Å². The summed E-state index contributed by atoms with van der Waals surface area (Å²) in [6.07, 6.45) is 4.62. The van der Waals surface area contributed by atoms with Crippen molar-refractivity contribution < 1.29 is 5.11 Å². The lowest BCUT2D eigenvalue weighted by Crippen LogP contribution is -2.37. The van der Waals surface area contributed by atoms with Crippen LogP contribution in [0.3, 0.4) is 0 Å².